The fourth-order valence-corrected chi connectivity index (χ4v) is 2.39. The van der Waals surface area contributed by atoms with E-state index in [-0.39, 0.29) is 11.9 Å². The van der Waals surface area contributed by atoms with Crippen molar-refractivity contribution in [3.05, 3.63) is 28.8 Å². The molecule has 0 spiro atoms. The van der Waals surface area contributed by atoms with E-state index in [2.05, 4.69) is 10.6 Å². The second kappa shape index (κ2) is 6.55. The lowest BCUT2D eigenvalue weighted by molar-refractivity contribution is -0.118. The molecular weight excluding hydrogens is 262 g/mol. The van der Waals surface area contributed by atoms with Crippen molar-refractivity contribution in [2.75, 3.05) is 11.9 Å². The van der Waals surface area contributed by atoms with E-state index in [9.17, 15) is 4.79 Å². The summed E-state index contributed by atoms with van der Waals surface area (Å²) in [5.41, 5.74) is 1.03. The maximum absolute atomic E-state index is 12.1. The molecule has 5 heteroatoms. The lowest BCUT2D eigenvalue weighted by Crippen LogP contribution is -2.39. The van der Waals surface area contributed by atoms with Gasteiger partial charge in [-0.05, 0) is 37.6 Å². The summed E-state index contributed by atoms with van der Waals surface area (Å²) in [4.78, 5) is 12.1. The Kier molecular flexibility index (Phi) is 4.78. The Labute approximate surface area is 117 Å². The highest BCUT2D eigenvalue weighted by Crippen LogP contribution is 2.23. The van der Waals surface area contributed by atoms with Crippen LogP contribution >= 0.6 is 11.6 Å². The van der Waals surface area contributed by atoms with Crippen LogP contribution < -0.4 is 10.6 Å². The van der Waals surface area contributed by atoms with Crippen molar-refractivity contribution in [3.8, 4) is 6.07 Å². The zero-order chi connectivity index (χ0) is 13.7. The molecule has 1 saturated heterocycles. The topological polar surface area (TPSA) is 64.9 Å². The van der Waals surface area contributed by atoms with Crippen LogP contribution in [0.4, 0.5) is 5.69 Å². The molecule has 1 aromatic carbocycles. The predicted octanol–water partition coefficient (Wildman–Crippen LogP) is 2.68. The number of nitrogens with one attached hydrogen (secondary N) is 2. The van der Waals surface area contributed by atoms with Gasteiger partial charge in [-0.25, -0.2) is 0 Å². The maximum Gasteiger partial charge on any atom is 0.241 e. The van der Waals surface area contributed by atoms with Gasteiger partial charge in [-0.3, -0.25) is 4.79 Å². The molecule has 0 radical (unpaired) electrons. The molecule has 0 aliphatic carbocycles. The average Bonchev–Trinajstić information content (AvgIpc) is 2.70. The lowest BCUT2D eigenvalue weighted by atomic mass is 10.1. The van der Waals surface area contributed by atoms with Crippen molar-refractivity contribution < 1.29 is 4.79 Å². The Hall–Kier alpha value is -1.57. The quantitative estimate of drug-likeness (QED) is 0.873. The minimum absolute atomic E-state index is 0.0616. The van der Waals surface area contributed by atoms with Gasteiger partial charge in [0.25, 0.3) is 0 Å². The summed E-state index contributed by atoms with van der Waals surface area (Å²) in [5.74, 6) is -0.0616. The Balaban J connectivity index is 2.04. The summed E-state index contributed by atoms with van der Waals surface area (Å²) in [6.07, 6.45) is 4.18. The number of anilines is 1. The maximum atomic E-state index is 12.1. The van der Waals surface area contributed by atoms with E-state index in [0.29, 0.717) is 16.3 Å². The van der Waals surface area contributed by atoms with Crippen LogP contribution in [0.2, 0.25) is 5.02 Å². The molecule has 19 heavy (non-hydrogen) atoms. The number of nitriles is 1. The number of carbonyl (C=O) groups is 1. The van der Waals surface area contributed by atoms with Gasteiger partial charge >= 0.3 is 0 Å². The van der Waals surface area contributed by atoms with Crippen LogP contribution in [0, 0.1) is 11.3 Å². The van der Waals surface area contributed by atoms with E-state index in [1.54, 1.807) is 18.2 Å². The third kappa shape index (κ3) is 3.69. The van der Waals surface area contributed by atoms with Crippen LogP contribution in [0.3, 0.4) is 0 Å². The van der Waals surface area contributed by atoms with Crippen molar-refractivity contribution in [1.82, 2.24) is 5.32 Å². The molecule has 1 heterocycles. The molecule has 1 fully saturated rings. The van der Waals surface area contributed by atoms with Gasteiger partial charge in [0.15, 0.2) is 0 Å². The van der Waals surface area contributed by atoms with Crippen molar-refractivity contribution in [2.24, 2.45) is 0 Å². The highest BCUT2D eigenvalue weighted by Gasteiger charge is 2.20. The highest BCUT2D eigenvalue weighted by molar-refractivity contribution is 6.33. The summed E-state index contributed by atoms with van der Waals surface area (Å²) in [6.45, 7) is 0.874. The standard InChI is InChI=1S/C14H16ClN3O/c15-11-8-10(9-16)5-6-12(11)18-14(19)13-4-2-1-3-7-17-13/h5-6,8,13,17H,1-4,7H2,(H,18,19). The molecule has 2 rings (SSSR count). The summed E-state index contributed by atoms with van der Waals surface area (Å²) >= 11 is 6.04. The van der Waals surface area contributed by atoms with E-state index in [1.807, 2.05) is 6.07 Å². The number of hydrogen-bond acceptors (Lipinski definition) is 3. The van der Waals surface area contributed by atoms with Crippen LogP contribution in [-0.2, 0) is 4.79 Å². The Morgan fingerprint density at radius 2 is 2.26 bits per heavy atom. The van der Waals surface area contributed by atoms with Gasteiger partial charge in [0, 0.05) is 0 Å². The SMILES string of the molecule is N#Cc1ccc(NC(=O)C2CCCCCN2)c(Cl)c1. The van der Waals surface area contributed by atoms with Crippen molar-refractivity contribution >= 4 is 23.2 Å². The largest absolute Gasteiger partial charge is 0.323 e. The van der Waals surface area contributed by atoms with Gasteiger partial charge in [0.1, 0.15) is 0 Å². The molecule has 0 aromatic heterocycles. The van der Waals surface area contributed by atoms with Gasteiger partial charge < -0.3 is 10.6 Å². The zero-order valence-corrected chi connectivity index (χ0v) is 11.3. The molecule has 1 atom stereocenters. The smallest absolute Gasteiger partial charge is 0.241 e. The number of carbonyl (C=O) groups excluding carboxylic acids is 1. The lowest BCUT2D eigenvalue weighted by Gasteiger charge is -2.16. The Bertz CT molecular complexity index is 502. The number of benzene rings is 1. The molecule has 4 nitrogen and oxygen atoms in total. The average molecular weight is 278 g/mol. The van der Waals surface area contributed by atoms with Gasteiger partial charge in [-0.15, -0.1) is 0 Å². The summed E-state index contributed by atoms with van der Waals surface area (Å²) in [7, 11) is 0. The first-order valence-corrected chi connectivity index (χ1v) is 6.82. The van der Waals surface area contributed by atoms with Crippen molar-refractivity contribution in [2.45, 2.75) is 31.7 Å². The van der Waals surface area contributed by atoms with Crippen molar-refractivity contribution in [3.63, 3.8) is 0 Å². The molecule has 1 aliphatic rings. The second-order valence-corrected chi connectivity index (χ2v) is 5.06. The minimum atomic E-state index is -0.158. The highest BCUT2D eigenvalue weighted by atomic mass is 35.5. The van der Waals surface area contributed by atoms with Gasteiger partial charge in [0.2, 0.25) is 5.91 Å². The summed E-state index contributed by atoms with van der Waals surface area (Å²) in [5, 5.41) is 15.2. The fraction of sp³-hybridized carbons (Fsp3) is 0.429. The van der Waals surface area contributed by atoms with Crippen molar-refractivity contribution in [1.29, 1.82) is 5.26 Å². The predicted molar refractivity (Wildman–Crippen MR) is 75.1 cm³/mol. The first kappa shape index (κ1) is 13.9. The van der Waals surface area contributed by atoms with Crippen LogP contribution in [0.1, 0.15) is 31.2 Å². The second-order valence-electron chi connectivity index (χ2n) is 4.65. The van der Waals surface area contributed by atoms with E-state index in [4.69, 9.17) is 16.9 Å². The third-order valence-electron chi connectivity index (χ3n) is 3.23. The molecule has 100 valence electrons. The minimum Gasteiger partial charge on any atom is -0.323 e. The monoisotopic (exact) mass is 277 g/mol. The van der Waals surface area contributed by atoms with Gasteiger partial charge in [0.05, 0.1) is 28.4 Å². The van der Waals surface area contributed by atoms with Gasteiger partial charge in [-0.1, -0.05) is 24.4 Å². The molecule has 1 amide bonds. The van der Waals surface area contributed by atoms with E-state index < -0.39 is 0 Å². The molecule has 1 aliphatic heterocycles. The first-order chi connectivity index (χ1) is 9.20. The molecular formula is C14H16ClN3O. The molecule has 1 aromatic rings. The Morgan fingerprint density at radius 3 is 3.00 bits per heavy atom. The van der Waals surface area contributed by atoms with Crippen LogP contribution in [-0.4, -0.2) is 18.5 Å². The molecule has 1 unspecified atom stereocenters. The first-order valence-electron chi connectivity index (χ1n) is 6.44. The fourth-order valence-electron chi connectivity index (χ4n) is 2.16. The number of hydrogen-bond donors (Lipinski definition) is 2. The number of halogens is 1. The molecule has 2 N–H and O–H groups in total. The summed E-state index contributed by atoms with van der Waals surface area (Å²) < 4.78 is 0. The van der Waals surface area contributed by atoms with Gasteiger partial charge in [-0.2, -0.15) is 5.26 Å². The normalized spacial score (nSPS) is 19.3. The Morgan fingerprint density at radius 1 is 1.42 bits per heavy atom. The number of amides is 1. The van der Waals surface area contributed by atoms with E-state index >= 15 is 0 Å². The molecule has 0 saturated carbocycles. The van der Waals surface area contributed by atoms with Crippen LogP contribution in [0.25, 0.3) is 0 Å². The summed E-state index contributed by atoms with van der Waals surface area (Å²) in [6, 6.07) is 6.71. The van der Waals surface area contributed by atoms with Crippen LogP contribution in [0.15, 0.2) is 18.2 Å². The molecule has 0 bridgehead atoms. The zero-order valence-electron chi connectivity index (χ0n) is 10.6. The number of nitrogens with zero attached hydrogens (tertiary/aromatic N) is 1. The number of rotatable bonds is 2. The van der Waals surface area contributed by atoms with E-state index in [1.165, 1.54) is 0 Å². The third-order valence-corrected chi connectivity index (χ3v) is 3.55. The van der Waals surface area contributed by atoms with E-state index in [0.717, 1.165) is 32.2 Å². The van der Waals surface area contributed by atoms with Crippen LogP contribution in [0.5, 0.6) is 0 Å².